The zero-order valence-corrected chi connectivity index (χ0v) is 10.7. The van der Waals surface area contributed by atoms with Gasteiger partial charge in [0.25, 0.3) is 0 Å². The third kappa shape index (κ3) is 3.58. The van der Waals surface area contributed by atoms with Gasteiger partial charge in [-0.1, -0.05) is 6.92 Å². The molecule has 1 saturated carbocycles. The molecule has 0 saturated heterocycles. The summed E-state index contributed by atoms with van der Waals surface area (Å²) >= 11 is 0. The van der Waals surface area contributed by atoms with E-state index in [0.717, 1.165) is 12.8 Å². The number of primary amides is 1. The maximum absolute atomic E-state index is 12.4. The first-order valence-electron chi connectivity index (χ1n) is 6.03. The highest BCUT2D eigenvalue weighted by Crippen LogP contribution is 2.40. The molecule has 1 aliphatic carbocycles. The van der Waals surface area contributed by atoms with Crippen LogP contribution in [0.25, 0.3) is 0 Å². The number of hydrogen-bond acceptors (Lipinski definition) is 3. The molecule has 1 amide bonds. The molecule has 7 heteroatoms. The van der Waals surface area contributed by atoms with E-state index in [4.69, 9.17) is 5.73 Å². The van der Waals surface area contributed by atoms with E-state index < -0.39 is 24.2 Å². The first kappa shape index (κ1) is 15.2. The van der Waals surface area contributed by atoms with Crippen LogP contribution in [0.3, 0.4) is 0 Å². The van der Waals surface area contributed by atoms with Gasteiger partial charge in [-0.05, 0) is 32.4 Å². The Kier molecular flexibility index (Phi) is 4.61. The summed E-state index contributed by atoms with van der Waals surface area (Å²) in [4.78, 5) is 12.8. The predicted molar refractivity (Wildman–Crippen MR) is 61.9 cm³/mol. The van der Waals surface area contributed by atoms with Gasteiger partial charge >= 0.3 is 6.18 Å². The standard InChI is InChI=1S/C11H20F3N3O/c1-3-17(7-11(12,13)14)6-10(16-2,9(15)18)8-4-5-8/h8,16H,3-7H2,1-2H3,(H2,15,18). The predicted octanol–water partition coefficient (Wildman–Crippen LogP) is 0.724. The van der Waals surface area contributed by atoms with Crippen LogP contribution in [-0.2, 0) is 4.79 Å². The van der Waals surface area contributed by atoms with Crippen LogP contribution in [0, 0.1) is 5.92 Å². The monoisotopic (exact) mass is 267 g/mol. The average molecular weight is 267 g/mol. The Morgan fingerprint density at radius 3 is 2.22 bits per heavy atom. The lowest BCUT2D eigenvalue weighted by Crippen LogP contribution is -2.62. The molecule has 0 radical (unpaired) electrons. The second-order valence-corrected chi connectivity index (χ2v) is 4.78. The number of carbonyl (C=O) groups excluding carboxylic acids is 1. The van der Waals surface area contributed by atoms with Crippen LogP contribution in [0.5, 0.6) is 0 Å². The van der Waals surface area contributed by atoms with Crippen molar-refractivity contribution in [1.29, 1.82) is 0 Å². The third-order valence-electron chi connectivity index (χ3n) is 3.48. The van der Waals surface area contributed by atoms with Crippen molar-refractivity contribution in [3.8, 4) is 0 Å². The second-order valence-electron chi connectivity index (χ2n) is 4.78. The molecule has 1 rings (SSSR count). The summed E-state index contributed by atoms with van der Waals surface area (Å²) < 4.78 is 37.2. The van der Waals surface area contributed by atoms with Crippen LogP contribution in [0.15, 0.2) is 0 Å². The molecule has 1 aliphatic rings. The molecule has 0 aromatic carbocycles. The van der Waals surface area contributed by atoms with E-state index in [2.05, 4.69) is 5.32 Å². The van der Waals surface area contributed by atoms with E-state index in [1.54, 1.807) is 14.0 Å². The molecule has 0 spiro atoms. The Morgan fingerprint density at radius 2 is 1.94 bits per heavy atom. The van der Waals surface area contributed by atoms with Crippen LogP contribution >= 0.6 is 0 Å². The number of carbonyl (C=O) groups is 1. The van der Waals surface area contributed by atoms with Crippen LogP contribution < -0.4 is 11.1 Å². The smallest absolute Gasteiger partial charge is 0.368 e. The molecule has 0 aromatic rings. The SMILES string of the molecule is CCN(CC(F)(F)F)CC(NC)(C(N)=O)C1CC1. The first-order chi connectivity index (χ1) is 8.25. The van der Waals surface area contributed by atoms with Crippen molar-refractivity contribution in [1.82, 2.24) is 10.2 Å². The fourth-order valence-corrected chi connectivity index (χ4v) is 2.28. The van der Waals surface area contributed by atoms with E-state index in [1.165, 1.54) is 4.90 Å². The van der Waals surface area contributed by atoms with Crippen molar-refractivity contribution in [3.05, 3.63) is 0 Å². The van der Waals surface area contributed by atoms with E-state index in [0.29, 0.717) is 0 Å². The van der Waals surface area contributed by atoms with Crippen LogP contribution in [-0.4, -0.2) is 49.2 Å². The van der Waals surface area contributed by atoms with E-state index in [1.807, 2.05) is 0 Å². The quantitative estimate of drug-likeness (QED) is 0.715. The Balaban J connectivity index is 2.78. The molecule has 1 atom stereocenters. The summed E-state index contributed by atoms with van der Waals surface area (Å²) in [7, 11) is 1.57. The number of likely N-dealkylation sites (N-methyl/N-ethyl adjacent to an activating group) is 2. The van der Waals surface area contributed by atoms with Crippen molar-refractivity contribution >= 4 is 5.91 Å². The van der Waals surface area contributed by atoms with Crippen molar-refractivity contribution < 1.29 is 18.0 Å². The minimum absolute atomic E-state index is 0.000486. The lowest BCUT2D eigenvalue weighted by Gasteiger charge is -2.36. The van der Waals surface area contributed by atoms with Gasteiger partial charge in [-0.3, -0.25) is 9.69 Å². The van der Waals surface area contributed by atoms with E-state index in [9.17, 15) is 18.0 Å². The summed E-state index contributed by atoms with van der Waals surface area (Å²) in [5.41, 5.74) is 4.34. The van der Waals surface area contributed by atoms with Gasteiger partial charge < -0.3 is 11.1 Å². The molecule has 0 aromatic heterocycles. The maximum Gasteiger partial charge on any atom is 0.401 e. The second kappa shape index (κ2) is 5.44. The Labute approximate surface area is 105 Å². The lowest BCUT2D eigenvalue weighted by molar-refractivity contribution is -0.150. The van der Waals surface area contributed by atoms with Gasteiger partial charge in [0.1, 0.15) is 5.54 Å². The highest BCUT2D eigenvalue weighted by Gasteiger charge is 2.50. The summed E-state index contributed by atoms with van der Waals surface area (Å²) in [6.45, 7) is 0.843. The minimum Gasteiger partial charge on any atom is -0.368 e. The largest absolute Gasteiger partial charge is 0.401 e. The van der Waals surface area contributed by atoms with Gasteiger partial charge in [0, 0.05) is 6.54 Å². The molecule has 1 unspecified atom stereocenters. The van der Waals surface area contributed by atoms with Crippen molar-refractivity contribution in [2.45, 2.75) is 31.5 Å². The number of amides is 1. The topological polar surface area (TPSA) is 58.4 Å². The summed E-state index contributed by atoms with van der Waals surface area (Å²) in [6.07, 6.45) is -2.61. The van der Waals surface area contributed by atoms with E-state index >= 15 is 0 Å². The van der Waals surface area contributed by atoms with Crippen LogP contribution in [0.1, 0.15) is 19.8 Å². The Bertz CT molecular complexity index is 304. The molecule has 106 valence electrons. The number of halogens is 3. The number of nitrogens with one attached hydrogen (secondary N) is 1. The normalized spacial score (nSPS) is 19.9. The van der Waals surface area contributed by atoms with Gasteiger partial charge in [-0.2, -0.15) is 13.2 Å². The maximum atomic E-state index is 12.4. The van der Waals surface area contributed by atoms with Gasteiger partial charge in [-0.15, -0.1) is 0 Å². The fraction of sp³-hybridized carbons (Fsp3) is 0.909. The minimum atomic E-state index is -4.27. The van der Waals surface area contributed by atoms with Gasteiger partial charge in [0.2, 0.25) is 5.91 Å². The lowest BCUT2D eigenvalue weighted by atomic mass is 9.91. The third-order valence-corrected chi connectivity index (χ3v) is 3.48. The number of hydrogen-bond donors (Lipinski definition) is 2. The van der Waals surface area contributed by atoms with Gasteiger partial charge in [-0.25, -0.2) is 0 Å². The Morgan fingerprint density at radius 1 is 1.39 bits per heavy atom. The average Bonchev–Trinajstić information content (AvgIpc) is 3.06. The molecule has 3 N–H and O–H groups in total. The molecule has 18 heavy (non-hydrogen) atoms. The summed E-state index contributed by atoms with van der Waals surface area (Å²) in [6, 6.07) is 0. The molecule has 0 bridgehead atoms. The van der Waals surface area contributed by atoms with Crippen molar-refractivity contribution in [3.63, 3.8) is 0 Å². The van der Waals surface area contributed by atoms with Gasteiger partial charge in [0.15, 0.2) is 0 Å². The highest BCUT2D eigenvalue weighted by molar-refractivity contribution is 5.86. The van der Waals surface area contributed by atoms with E-state index in [-0.39, 0.29) is 19.0 Å². The number of rotatable bonds is 7. The zero-order valence-electron chi connectivity index (χ0n) is 10.7. The number of nitrogens with zero attached hydrogens (tertiary/aromatic N) is 1. The first-order valence-corrected chi connectivity index (χ1v) is 6.03. The van der Waals surface area contributed by atoms with Crippen molar-refractivity contribution in [2.24, 2.45) is 11.7 Å². The molecule has 0 aliphatic heterocycles. The highest BCUT2D eigenvalue weighted by atomic mass is 19.4. The number of alkyl halides is 3. The van der Waals surface area contributed by atoms with Crippen LogP contribution in [0.4, 0.5) is 13.2 Å². The summed E-state index contributed by atoms with van der Waals surface area (Å²) in [5.74, 6) is -0.532. The fourth-order valence-electron chi connectivity index (χ4n) is 2.28. The summed E-state index contributed by atoms with van der Waals surface area (Å²) in [5, 5.41) is 2.84. The molecule has 0 heterocycles. The van der Waals surface area contributed by atoms with Gasteiger partial charge in [0.05, 0.1) is 6.54 Å². The zero-order chi connectivity index (χ0) is 14.0. The Hall–Kier alpha value is -0.820. The van der Waals surface area contributed by atoms with Crippen LogP contribution in [0.2, 0.25) is 0 Å². The molecular formula is C11H20F3N3O. The number of nitrogens with two attached hydrogens (primary N) is 1. The molecule has 4 nitrogen and oxygen atoms in total. The molecular weight excluding hydrogens is 247 g/mol. The van der Waals surface area contributed by atoms with Crippen molar-refractivity contribution in [2.75, 3.05) is 26.7 Å². The molecule has 1 fully saturated rings.